The molecule has 0 amide bonds. The molecule has 1 atom stereocenters. The zero-order valence-electron chi connectivity index (χ0n) is 18.8. The van der Waals surface area contributed by atoms with Crippen LogP contribution in [0.15, 0.2) is 42.0 Å². The van der Waals surface area contributed by atoms with Crippen molar-refractivity contribution in [1.82, 2.24) is 0 Å². The molecule has 0 spiro atoms. The van der Waals surface area contributed by atoms with E-state index in [4.69, 9.17) is 18.9 Å². The number of benzene rings is 2. The van der Waals surface area contributed by atoms with Crippen LogP contribution in [0.25, 0.3) is 0 Å². The van der Waals surface area contributed by atoms with Crippen LogP contribution in [0.4, 0.5) is 0 Å². The van der Waals surface area contributed by atoms with Crippen LogP contribution < -0.4 is 18.9 Å². The molecule has 7 nitrogen and oxygen atoms in total. The Labute approximate surface area is 186 Å². The van der Waals surface area contributed by atoms with Crippen LogP contribution in [0.2, 0.25) is 0 Å². The predicted octanol–water partition coefficient (Wildman–Crippen LogP) is 4.76. The zero-order chi connectivity index (χ0) is 23.4. The van der Waals surface area contributed by atoms with Gasteiger partial charge in [-0.25, -0.2) is 0 Å². The first kappa shape index (κ1) is 23.1. The molecule has 2 aromatic rings. The van der Waals surface area contributed by atoms with Gasteiger partial charge in [0, 0.05) is 25.5 Å². The molecule has 0 bridgehead atoms. The van der Waals surface area contributed by atoms with Crippen molar-refractivity contribution in [2.24, 2.45) is 0 Å². The number of carbonyl (C=O) groups excluding carboxylic acids is 3. The third-order valence-corrected chi connectivity index (χ3v) is 4.92. The average molecular weight is 438 g/mol. The summed E-state index contributed by atoms with van der Waals surface area (Å²) in [5.41, 5.74) is 2.77. The van der Waals surface area contributed by atoms with Crippen molar-refractivity contribution in [2.45, 2.75) is 46.6 Å². The van der Waals surface area contributed by atoms with Gasteiger partial charge >= 0.3 is 11.9 Å². The number of methoxy groups -OCH3 is 1. The van der Waals surface area contributed by atoms with Gasteiger partial charge in [-0.2, -0.15) is 0 Å². The average Bonchev–Trinajstić information content (AvgIpc) is 2.71. The van der Waals surface area contributed by atoms with Gasteiger partial charge in [0.05, 0.1) is 13.5 Å². The Kier molecular flexibility index (Phi) is 6.98. The van der Waals surface area contributed by atoms with Crippen molar-refractivity contribution in [3.05, 3.63) is 58.7 Å². The number of rotatable bonds is 6. The van der Waals surface area contributed by atoms with E-state index in [0.717, 1.165) is 11.1 Å². The molecule has 0 saturated heterocycles. The van der Waals surface area contributed by atoms with E-state index < -0.39 is 18.0 Å². The van der Waals surface area contributed by atoms with Crippen molar-refractivity contribution in [3.63, 3.8) is 0 Å². The fourth-order valence-corrected chi connectivity index (χ4v) is 3.51. The summed E-state index contributed by atoms with van der Waals surface area (Å²) in [6.45, 7) is 6.56. The largest absolute Gasteiger partial charge is 0.496 e. The van der Waals surface area contributed by atoms with Crippen LogP contribution in [0.5, 0.6) is 23.0 Å². The number of hydrogen-bond acceptors (Lipinski definition) is 7. The standard InChI is InChI=1S/C25H26O7/c1-14(2)6-11-19-22(31-16(4)27)13-23(29-5)24-20(28)12-21(32-25(19)24)17-7-9-18(10-8-17)30-15(3)26/h6-10,13,21H,11-12H2,1-5H3/t21-/m0/s1. The molecule has 1 aliphatic heterocycles. The lowest BCUT2D eigenvalue weighted by molar-refractivity contribution is -0.132. The lowest BCUT2D eigenvalue weighted by Crippen LogP contribution is -2.23. The number of fused-ring (bicyclic) bond motifs is 1. The number of esters is 2. The number of Topliss-reactive ketones (excluding diaryl/α,β-unsaturated/α-hetero) is 1. The van der Waals surface area contributed by atoms with E-state index in [-0.39, 0.29) is 12.2 Å². The smallest absolute Gasteiger partial charge is 0.308 e. The molecule has 32 heavy (non-hydrogen) atoms. The summed E-state index contributed by atoms with van der Waals surface area (Å²) >= 11 is 0. The van der Waals surface area contributed by atoms with Gasteiger partial charge in [-0.15, -0.1) is 0 Å². The van der Waals surface area contributed by atoms with Crippen molar-refractivity contribution < 1.29 is 33.3 Å². The maximum atomic E-state index is 13.1. The van der Waals surface area contributed by atoms with E-state index >= 15 is 0 Å². The van der Waals surface area contributed by atoms with Gasteiger partial charge in [0.25, 0.3) is 0 Å². The lowest BCUT2D eigenvalue weighted by Gasteiger charge is -2.29. The highest BCUT2D eigenvalue weighted by molar-refractivity contribution is 6.03. The highest BCUT2D eigenvalue weighted by Gasteiger charge is 2.34. The number of ether oxygens (including phenoxy) is 4. The van der Waals surface area contributed by atoms with Crippen LogP contribution in [-0.4, -0.2) is 24.8 Å². The summed E-state index contributed by atoms with van der Waals surface area (Å²) in [5, 5.41) is 0. The maximum absolute atomic E-state index is 13.1. The summed E-state index contributed by atoms with van der Waals surface area (Å²) in [7, 11) is 1.45. The van der Waals surface area contributed by atoms with Crippen LogP contribution in [-0.2, 0) is 16.0 Å². The van der Waals surface area contributed by atoms with E-state index in [0.29, 0.717) is 40.5 Å². The van der Waals surface area contributed by atoms with Crippen molar-refractivity contribution in [3.8, 4) is 23.0 Å². The lowest BCUT2D eigenvalue weighted by atomic mass is 9.92. The first-order chi connectivity index (χ1) is 15.2. The van der Waals surface area contributed by atoms with Crippen molar-refractivity contribution in [2.75, 3.05) is 7.11 Å². The van der Waals surface area contributed by atoms with Gasteiger partial charge in [0.15, 0.2) is 5.78 Å². The molecule has 1 aliphatic rings. The van der Waals surface area contributed by atoms with Crippen LogP contribution in [0.1, 0.15) is 61.7 Å². The third kappa shape index (κ3) is 5.17. The summed E-state index contributed by atoms with van der Waals surface area (Å²) in [4.78, 5) is 36.0. The normalized spacial score (nSPS) is 14.7. The monoisotopic (exact) mass is 438 g/mol. The minimum absolute atomic E-state index is 0.116. The van der Waals surface area contributed by atoms with Crippen molar-refractivity contribution >= 4 is 17.7 Å². The number of carbonyl (C=O) groups is 3. The van der Waals surface area contributed by atoms with Gasteiger partial charge in [-0.3, -0.25) is 14.4 Å². The Bertz CT molecular complexity index is 1080. The summed E-state index contributed by atoms with van der Waals surface area (Å²) in [6.07, 6.45) is 1.96. The van der Waals surface area contributed by atoms with Gasteiger partial charge in [-0.1, -0.05) is 23.8 Å². The number of hydrogen-bond donors (Lipinski definition) is 0. The molecular weight excluding hydrogens is 412 g/mol. The van der Waals surface area contributed by atoms with Gasteiger partial charge in [0.1, 0.15) is 34.7 Å². The maximum Gasteiger partial charge on any atom is 0.308 e. The van der Waals surface area contributed by atoms with Crippen LogP contribution >= 0.6 is 0 Å². The van der Waals surface area contributed by atoms with Gasteiger partial charge < -0.3 is 18.9 Å². The second-order valence-corrected chi connectivity index (χ2v) is 7.74. The Morgan fingerprint density at radius 2 is 1.69 bits per heavy atom. The molecule has 2 aromatic carbocycles. The van der Waals surface area contributed by atoms with E-state index in [1.54, 1.807) is 30.3 Å². The summed E-state index contributed by atoms with van der Waals surface area (Å²) < 4.78 is 22.2. The Morgan fingerprint density at radius 1 is 1.03 bits per heavy atom. The Morgan fingerprint density at radius 3 is 2.25 bits per heavy atom. The molecule has 0 unspecified atom stereocenters. The molecule has 168 valence electrons. The second-order valence-electron chi connectivity index (χ2n) is 7.74. The predicted molar refractivity (Wildman–Crippen MR) is 118 cm³/mol. The Balaban J connectivity index is 2.07. The van der Waals surface area contributed by atoms with Crippen LogP contribution in [0.3, 0.4) is 0 Å². The highest BCUT2D eigenvalue weighted by atomic mass is 16.5. The fraction of sp³-hybridized carbons (Fsp3) is 0.320. The third-order valence-electron chi connectivity index (χ3n) is 4.92. The summed E-state index contributed by atoms with van der Waals surface area (Å²) in [6, 6.07) is 8.37. The molecule has 1 heterocycles. The van der Waals surface area contributed by atoms with E-state index in [1.807, 2.05) is 19.9 Å². The van der Waals surface area contributed by atoms with Crippen LogP contribution in [0, 0.1) is 0 Å². The number of allylic oxidation sites excluding steroid dienone is 2. The number of ketones is 1. The second kappa shape index (κ2) is 9.68. The van der Waals surface area contributed by atoms with E-state index in [2.05, 4.69) is 0 Å². The van der Waals surface area contributed by atoms with Gasteiger partial charge in [-0.05, 0) is 38.0 Å². The molecule has 7 heteroatoms. The van der Waals surface area contributed by atoms with E-state index in [9.17, 15) is 14.4 Å². The summed E-state index contributed by atoms with van der Waals surface area (Å²) in [5.74, 6) is 0.324. The molecule has 0 radical (unpaired) electrons. The highest BCUT2D eigenvalue weighted by Crippen LogP contribution is 2.46. The first-order valence-corrected chi connectivity index (χ1v) is 10.2. The molecule has 0 N–H and O–H groups in total. The minimum atomic E-state index is -0.552. The quantitative estimate of drug-likeness (QED) is 0.365. The topological polar surface area (TPSA) is 88.1 Å². The Hall–Kier alpha value is -3.61. The molecule has 0 aliphatic carbocycles. The fourth-order valence-electron chi connectivity index (χ4n) is 3.51. The van der Waals surface area contributed by atoms with E-state index in [1.165, 1.54) is 21.0 Å². The molecule has 3 rings (SSSR count). The van der Waals surface area contributed by atoms with Crippen molar-refractivity contribution in [1.29, 1.82) is 0 Å². The minimum Gasteiger partial charge on any atom is -0.496 e. The molecular formula is C25H26O7. The zero-order valence-corrected chi connectivity index (χ0v) is 18.8. The molecule has 0 fully saturated rings. The SMILES string of the molecule is COc1cc(OC(C)=O)c(CC=C(C)C)c2c1C(=O)C[C@@H](c1ccc(OC(C)=O)cc1)O2. The first-order valence-electron chi connectivity index (χ1n) is 10.2. The molecule has 0 aromatic heterocycles. The molecule has 0 saturated carbocycles. The van der Waals surface area contributed by atoms with Gasteiger partial charge in [0.2, 0.25) is 0 Å².